The summed E-state index contributed by atoms with van der Waals surface area (Å²) < 4.78 is 0. The molecule has 4 N–H and O–H groups in total. The number of phenolic OH excluding ortho intramolecular Hbond substituents is 4. The second kappa shape index (κ2) is 43.8. The third-order valence-corrected chi connectivity index (χ3v) is 14.3. The van der Waals surface area contributed by atoms with Gasteiger partial charge in [0.25, 0.3) is 0 Å². The fourth-order valence-electron chi connectivity index (χ4n) is 9.48. The van der Waals surface area contributed by atoms with E-state index in [0.717, 1.165) is 47.9 Å². The summed E-state index contributed by atoms with van der Waals surface area (Å²) in [6.07, 6.45) is 47.6. The second-order valence-electron chi connectivity index (χ2n) is 21.2. The molecule has 0 aliphatic rings. The maximum atomic E-state index is 10.2. The van der Waals surface area contributed by atoms with E-state index in [-0.39, 0.29) is 23.0 Å². The van der Waals surface area contributed by atoms with Crippen molar-refractivity contribution in [2.45, 2.75) is 233 Å². The fraction of sp³-hybridized carbons (Fsp3) is 0.588. The topological polar surface area (TPSA) is 130 Å². The largest absolute Gasteiger partial charge is 0.507 e. The van der Waals surface area contributed by atoms with Crippen LogP contribution in [0.4, 0.5) is 0 Å². The molecule has 0 bridgehead atoms. The van der Waals surface area contributed by atoms with Gasteiger partial charge in [0, 0.05) is 47.1 Å². The molecule has 4 aromatic rings. The molecular weight excluding hydrogens is 937 g/mol. The Balaban J connectivity index is 0.000000400. The lowest BCUT2D eigenvalue weighted by atomic mass is 10.0. The Hall–Kier alpha value is -5.24. The van der Waals surface area contributed by atoms with Crippen molar-refractivity contribution in [2.75, 3.05) is 26.2 Å². The van der Waals surface area contributed by atoms with Gasteiger partial charge in [0.1, 0.15) is 23.0 Å². The molecule has 0 saturated heterocycles. The Morgan fingerprint density at radius 2 is 0.447 bits per heavy atom. The van der Waals surface area contributed by atoms with Crippen LogP contribution in [0.2, 0.25) is 0 Å². The molecule has 0 saturated carbocycles. The van der Waals surface area contributed by atoms with Gasteiger partial charge in [-0.05, 0) is 122 Å². The first-order chi connectivity index (χ1) is 37.3. The van der Waals surface area contributed by atoms with Crippen LogP contribution >= 0.6 is 0 Å². The first-order valence-corrected chi connectivity index (χ1v) is 30.5. The highest BCUT2D eigenvalue weighted by molar-refractivity contribution is 5.85. The van der Waals surface area contributed by atoms with Crippen molar-refractivity contribution < 1.29 is 20.4 Å². The summed E-state index contributed by atoms with van der Waals surface area (Å²) >= 11 is 0. The summed E-state index contributed by atoms with van der Waals surface area (Å²) in [6.45, 7) is 11.2. The Labute approximate surface area is 462 Å². The van der Waals surface area contributed by atoms with Gasteiger partial charge in [0.15, 0.2) is 0 Å². The van der Waals surface area contributed by atoms with Gasteiger partial charge in [0.2, 0.25) is 0 Å². The second-order valence-corrected chi connectivity index (χ2v) is 21.2. The minimum absolute atomic E-state index is 0.267. The smallest absolute Gasteiger partial charge is 0.124 e. The van der Waals surface area contributed by atoms with Crippen molar-refractivity contribution in [2.24, 2.45) is 20.0 Å². The van der Waals surface area contributed by atoms with Crippen LogP contribution in [0, 0.1) is 0 Å². The molecule has 0 heterocycles. The van der Waals surface area contributed by atoms with E-state index in [1.54, 1.807) is 49.1 Å². The van der Waals surface area contributed by atoms with Crippen LogP contribution in [0.1, 0.15) is 252 Å². The average Bonchev–Trinajstić information content (AvgIpc) is 3.42. The first-order valence-electron chi connectivity index (χ1n) is 30.5. The minimum Gasteiger partial charge on any atom is -0.507 e. The molecule has 0 unspecified atom stereocenters. The lowest BCUT2D eigenvalue weighted by Gasteiger charge is -2.05. The molecule has 8 nitrogen and oxygen atoms in total. The molecule has 420 valence electrons. The van der Waals surface area contributed by atoms with Crippen LogP contribution in [-0.4, -0.2) is 71.5 Å². The van der Waals surface area contributed by atoms with Gasteiger partial charge in [-0.3, -0.25) is 20.0 Å². The number of nitrogens with zero attached hydrogens (tertiary/aromatic N) is 4. The minimum atomic E-state index is 0.267. The van der Waals surface area contributed by atoms with Crippen LogP contribution in [0.3, 0.4) is 0 Å². The molecule has 0 fully saturated rings. The van der Waals surface area contributed by atoms with Gasteiger partial charge in [-0.25, -0.2) is 0 Å². The van der Waals surface area contributed by atoms with Crippen molar-refractivity contribution in [3.63, 3.8) is 0 Å². The van der Waals surface area contributed by atoms with Crippen molar-refractivity contribution >= 4 is 24.9 Å². The maximum absolute atomic E-state index is 10.2. The zero-order valence-corrected chi connectivity index (χ0v) is 48.3. The molecule has 0 aliphatic carbocycles. The molecule has 0 spiro atoms. The zero-order chi connectivity index (χ0) is 54.5. The Kier molecular flexibility index (Phi) is 37.5. The molecule has 0 radical (unpaired) electrons. The lowest BCUT2D eigenvalue weighted by molar-refractivity contribution is 0.473. The van der Waals surface area contributed by atoms with E-state index in [9.17, 15) is 20.4 Å². The van der Waals surface area contributed by atoms with E-state index < -0.39 is 0 Å². The Morgan fingerprint density at radius 3 is 0.645 bits per heavy atom. The van der Waals surface area contributed by atoms with Gasteiger partial charge in [-0.15, -0.1) is 0 Å². The Morgan fingerprint density at radius 1 is 0.263 bits per heavy atom. The van der Waals surface area contributed by atoms with Crippen LogP contribution in [0.15, 0.2) is 92.8 Å². The van der Waals surface area contributed by atoms with Gasteiger partial charge >= 0.3 is 0 Å². The van der Waals surface area contributed by atoms with Gasteiger partial charge < -0.3 is 20.4 Å². The third kappa shape index (κ3) is 31.1. The van der Waals surface area contributed by atoms with E-state index in [0.29, 0.717) is 26.2 Å². The number of rotatable bonds is 42. The number of benzene rings is 4. The number of hydrogen-bond donors (Lipinski definition) is 4. The number of hydrogen-bond acceptors (Lipinski definition) is 8. The van der Waals surface area contributed by atoms with Crippen LogP contribution < -0.4 is 0 Å². The van der Waals surface area contributed by atoms with E-state index >= 15 is 0 Å². The van der Waals surface area contributed by atoms with Crippen LogP contribution in [0.5, 0.6) is 23.0 Å². The van der Waals surface area contributed by atoms with Crippen LogP contribution in [0.25, 0.3) is 0 Å². The predicted molar refractivity (Wildman–Crippen MR) is 329 cm³/mol. The molecule has 8 heteroatoms. The van der Waals surface area contributed by atoms with Gasteiger partial charge in [-0.1, -0.05) is 206 Å². The quantitative estimate of drug-likeness (QED) is 0.0260. The SMILES string of the molecule is CCCCCCCCCc1ccc(O)c(C=NCCN=Cc2cc(CCCCCCCCC)ccc2O)c1.CCCCCCCCCc1ccc(O)c(C=NCCN=Cc2cc(CCCCCCCCC)ccc2O)c1. The normalized spacial score (nSPS) is 11.7. The fourth-order valence-corrected chi connectivity index (χ4v) is 9.48. The number of aromatic hydroxyl groups is 4. The molecule has 0 aromatic heterocycles. The molecule has 4 aromatic carbocycles. The number of unbranched alkanes of at least 4 members (excludes halogenated alkanes) is 24. The molecular formula is C68H104N4O4. The molecule has 0 amide bonds. The van der Waals surface area contributed by atoms with Gasteiger partial charge in [0.05, 0.1) is 26.2 Å². The van der Waals surface area contributed by atoms with Crippen molar-refractivity contribution in [3.8, 4) is 23.0 Å². The number of aliphatic imine (C=N–C) groups is 4. The van der Waals surface area contributed by atoms with Crippen molar-refractivity contribution in [3.05, 3.63) is 117 Å². The number of phenols is 4. The highest BCUT2D eigenvalue weighted by Crippen LogP contribution is 2.23. The van der Waals surface area contributed by atoms with E-state index in [2.05, 4.69) is 47.7 Å². The summed E-state index contributed by atoms with van der Waals surface area (Å²) in [5.74, 6) is 1.07. The number of aryl methyl sites for hydroxylation is 4. The van der Waals surface area contributed by atoms with Crippen LogP contribution in [-0.2, 0) is 25.7 Å². The average molecular weight is 1040 g/mol. The van der Waals surface area contributed by atoms with Gasteiger partial charge in [-0.2, -0.15) is 0 Å². The maximum Gasteiger partial charge on any atom is 0.124 e. The third-order valence-electron chi connectivity index (χ3n) is 14.3. The summed E-state index contributed by atoms with van der Waals surface area (Å²) in [7, 11) is 0. The summed E-state index contributed by atoms with van der Waals surface area (Å²) in [5, 5.41) is 40.8. The summed E-state index contributed by atoms with van der Waals surface area (Å²) in [4.78, 5) is 17.9. The molecule has 0 aliphatic heterocycles. The lowest BCUT2D eigenvalue weighted by Crippen LogP contribution is -1.94. The molecule has 4 rings (SSSR count). The Bertz CT molecular complexity index is 1900. The summed E-state index contributed by atoms with van der Waals surface area (Å²) in [5.41, 5.74) is 8.08. The van der Waals surface area contributed by atoms with E-state index in [4.69, 9.17) is 0 Å². The molecule has 0 atom stereocenters. The predicted octanol–water partition coefficient (Wildman–Crippen LogP) is 18.4. The monoisotopic (exact) mass is 1040 g/mol. The zero-order valence-electron chi connectivity index (χ0n) is 48.3. The highest BCUT2D eigenvalue weighted by Gasteiger charge is 2.06. The van der Waals surface area contributed by atoms with Crippen molar-refractivity contribution in [1.29, 1.82) is 0 Å². The van der Waals surface area contributed by atoms with E-state index in [1.807, 2.05) is 48.5 Å². The summed E-state index contributed by atoms with van der Waals surface area (Å²) in [6, 6.07) is 23.4. The highest BCUT2D eigenvalue weighted by atomic mass is 16.3. The molecule has 76 heavy (non-hydrogen) atoms. The standard InChI is InChI=1S/2C34H52N2O2/c2*1-3-5-7-9-11-13-15-17-29-19-21-33(37)31(25-29)27-35-23-24-36-28-32-26-30(20-22-34(32)38)18-16-14-12-10-8-6-4-2/h2*19-22,25-28,37-38H,3-18,23-24H2,1-2H3. The van der Waals surface area contributed by atoms with Crippen molar-refractivity contribution in [1.82, 2.24) is 0 Å². The van der Waals surface area contributed by atoms with E-state index in [1.165, 1.54) is 202 Å². The first kappa shape index (κ1) is 65.0.